The molecule has 8 heteroatoms. The summed E-state index contributed by atoms with van der Waals surface area (Å²) in [6.45, 7) is 6.90. The van der Waals surface area contributed by atoms with Crippen LogP contribution in [0.4, 0.5) is 10.5 Å². The minimum Gasteiger partial charge on any atom is -0.497 e. The Morgan fingerprint density at radius 2 is 2.03 bits per heavy atom. The molecule has 0 spiro atoms. The Balaban J connectivity index is 1.47. The van der Waals surface area contributed by atoms with E-state index in [0.717, 1.165) is 56.0 Å². The second kappa shape index (κ2) is 10.5. The molecule has 0 atom stereocenters. The van der Waals surface area contributed by atoms with Gasteiger partial charge in [0.2, 0.25) is 0 Å². The van der Waals surface area contributed by atoms with Crippen LogP contribution < -0.4 is 14.8 Å². The van der Waals surface area contributed by atoms with Crippen molar-refractivity contribution in [2.75, 3.05) is 32.6 Å². The largest absolute Gasteiger partial charge is 0.497 e. The van der Waals surface area contributed by atoms with Gasteiger partial charge in [0, 0.05) is 49.4 Å². The highest BCUT2D eigenvalue weighted by Gasteiger charge is 2.35. The number of carbonyl (C=O) groups is 1. The van der Waals surface area contributed by atoms with Gasteiger partial charge in [0.15, 0.2) is 0 Å². The zero-order valence-corrected chi connectivity index (χ0v) is 20.9. The van der Waals surface area contributed by atoms with E-state index in [1.54, 1.807) is 14.2 Å². The van der Waals surface area contributed by atoms with Crippen molar-refractivity contribution in [2.24, 2.45) is 0 Å². The first-order chi connectivity index (χ1) is 17.6. The molecule has 0 saturated heterocycles. The number of para-hydroxylation sites is 2. The molecule has 0 unspecified atom stereocenters. The van der Waals surface area contributed by atoms with E-state index in [1.807, 2.05) is 64.2 Å². The van der Waals surface area contributed by atoms with E-state index in [9.17, 15) is 4.79 Å². The van der Waals surface area contributed by atoms with E-state index < -0.39 is 0 Å². The molecule has 1 aliphatic carbocycles. The van der Waals surface area contributed by atoms with Gasteiger partial charge in [0.25, 0.3) is 0 Å². The first-order valence-corrected chi connectivity index (χ1v) is 12.4. The lowest BCUT2D eigenvalue weighted by Gasteiger charge is -2.28. The molecule has 188 valence electrons. The number of hydrogen-bond acceptors (Lipinski definition) is 5. The monoisotopic (exact) mass is 487 g/mol. The summed E-state index contributed by atoms with van der Waals surface area (Å²) < 4.78 is 13.0. The first-order valence-electron chi connectivity index (χ1n) is 12.4. The highest BCUT2D eigenvalue weighted by atomic mass is 16.5. The fourth-order valence-electron chi connectivity index (χ4n) is 4.82. The molecule has 8 nitrogen and oxygen atoms in total. The van der Waals surface area contributed by atoms with Crippen LogP contribution in [0.5, 0.6) is 11.5 Å². The summed E-state index contributed by atoms with van der Waals surface area (Å²) in [5.74, 6) is 1.48. The smallest absolute Gasteiger partial charge is 0.322 e. The summed E-state index contributed by atoms with van der Waals surface area (Å²) in [6, 6.07) is 15.5. The zero-order valence-electron chi connectivity index (χ0n) is 20.9. The molecule has 2 aliphatic rings. The molecule has 2 amide bonds. The van der Waals surface area contributed by atoms with Crippen molar-refractivity contribution < 1.29 is 14.3 Å². The molecule has 2 aromatic carbocycles. The average molecular weight is 488 g/mol. The van der Waals surface area contributed by atoms with Crippen LogP contribution in [0, 0.1) is 0 Å². The first kappa shape index (κ1) is 23.9. The maximum Gasteiger partial charge on any atom is 0.322 e. The molecule has 1 aromatic heterocycles. The highest BCUT2D eigenvalue weighted by Crippen LogP contribution is 2.33. The zero-order chi connectivity index (χ0) is 25.1. The number of anilines is 1. The van der Waals surface area contributed by atoms with Gasteiger partial charge in [0.05, 0.1) is 32.2 Å². The van der Waals surface area contributed by atoms with Crippen LogP contribution in [-0.4, -0.2) is 59.0 Å². The maximum atomic E-state index is 13.4. The number of methoxy groups -OCH3 is 2. The van der Waals surface area contributed by atoms with Crippen molar-refractivity contribution in [1.82, 2.24) is 19.6 Å². The molecule has 5 rings (SSSR count). The topological polar surface area (TPSA) is 71.9 Å². The van der Waals surface area contributed by atoms with Crippen molar-refractivity contribution in [2.45, 2.75) is 38.4 Å². The standard InChI is InChI=1S/C28H33N5O3/c1-4-15-31-16-14-25-23(18-31)24(30-33(25)26-10-5-6-11-27(26)36-3)19-32(21-12-13-21)28(34)29-20-8-7-9-22(17-20)35-2/h4-11,17,21H,1,12-16,18-19H2,2-3H3,(H,29,34). The number of amides is 2. The molecular weight excluding hydrogens is 454 g/mol. The van der Waals surface area contributed by atoms with Crippen molar-refractivity contribution in [3.63, 3.8) is 0 Å². The Bertz CT molecular complexity index is 1250. The van der Waals surface area contributed by atoms with Crippen LogP contribution in [0.25, 0.3) is 5.69 Å². The van der Waals surface area contributed by atoms with Crippen molar-refractivity contribution in [3.05, 3.63) is 78.1 Å². The van der Waals surface area contributed by atoms with Crippen LogP contribution in [0.1, 0.15) is 29.8 Å². The SMILES string of the molecule is C=CCN1CCc2c(c(CN(C(=O)Nc3cccc(OC)c3)C3CC3)nn2-c2ccccc2OC)C1. The van der Waals surface area contributed by atoms with E-state index in [0.29, 0.717) is 18.0 Å². The third kappa shape index (κ3) is 4.95. The number of urea groups is 1. The molecule has 2 heterocycles. The highest BCUT2D eigenvalue weighted by molar-refractivity contribution is 5.90. The Morgan fingerprint density at radius 1 is 1.19 bits per heavy atom. The molecule has 0 radical (unpaired) electrons. The number of nitrogens with one attached hydrogen (secondary N) is 1. The van der Waals surface area contributed by atoms with Gasteiger partial charge in [-0.15, -0.1) is 6.58 Å². The van der Waals surface area contributed by atoms with Gasteiger partial charge in [-0.1, -0.05) is 24.3 Å². The minimum absolute atomic E-state index is 0.120. The molecule has 1 aliphatic heterocycles. The van der Waals surface area contributed by atoms with Gasteiger partial charge < -0.3 is 19.7 Å². The van der Waals surface area contributed by atoms with Gasteiger partial charge >= 0.3 is 6.03 Å². The predicted molar refractivity (Wildman–Crippen MR) is 140 cm³/mol. The fourth-order valence-corrected chi connectivity index (χ4v) is 4.82. The van der Waals surface area contributed by atoms with Crippen LogP contribution in [0.15, 0.2) is 61.2 Å². The molecular formula is C28H33N5O3. The molecule has 36 heavy (non-hydrogen) atoms. The van der Waals surface area contributed by atoms with Crippen molar-refractivity contribution >= 4 is 11.7 Å². The fraction of sp³-hybridized carbons (Fsp3) is 0.357. The maximum absolute atomic E-state index is 13.4. The summed E-state index contributed by atoms with van der Waals surface area (Å²) >= 11 is 0. The Kier molecular flexibility index (Phi) is 6.95. The summed E-state index contributed by atoms with van der Waals surface area (Å²) in [7, 11) is 3.30. The quantitative estimate of drug-likeness (QED) is 0.446. The number of benzene rings is 2. The number of carbonyl (C=O) groups excluding carboxylic acids is 1. The number of fused-ring (bicyclic) bond motifs is 1. The number of aromatic nitrogens is 2. The molecule has 1 N–H and O–H groups in total. The summed E-state index contributed by atoms with van der Waals surface area (Å²) in [5, 5.41) is 8.13. The minimum atomic E-state index is -0.120. The third-order valence-electron chi connectivity index (χ3n) is 6.81. The molecule has 1 fully saturated rings. The van der Waals surface area contributed by atoms with Gasteiger partial charge in [-0.05, 0) is 37.1 Å². The van der Waals surface area contributed by atoms with Gasteiger partial charge in [-0.25, -0.2) is 9.48 Å². The molecule has 3 aromatic rings. The number of ether oxygens (including phenoxy) is 2. The molecule has 0 bridgehead atoms. The van der Waals surface area contributed by atoms with E-state index >= 15 is 0 Å². The van der Waals surface area contributed by atoms with E-state index in [-0.39, 0.29) is 12.1 Å². The Morgan fingerprint density at radius 3 is 2.78 bits per heavy atom. The van der Waals surface area contributed by atoms with Gasteiger partial charge in [-0.3, -0.25) is 4.90 Å². The third-order valence-corrected chi connectivity index (χ3v) is 6.81. The second-order valence-electron chi connectivity index (χ2n) is 9.25. The Hall–Kier alpha value is -3.78. The van der Waals surface area contributed by atoms with E-state index in [4.69, 9.17) is 14.6 Å². The van der Waals surface area contributed by atoms with Crippen LogP contribution in [0.3, 0.4) is 0 Å². The number of nitrogens with zero attached hydrogens (tertiary/aromatic N) is 4. The number of rotatable bonds is 9. The molecule has 1 saturated carbocycles. The normalized spacial score (nSPS) is 15.2. The second-order valence-corrected chi connectivity index (χ2v) is 9.25. The number of hydrogen-bond donors (Lipinski definition) is 1. The summed E-state index contributed by atoms with van der Waals surface area (Å²) in [5.41, 5.74) is 4.92. The van der Waals surface area contributed by atoms with Gasteiger partial charge in [-0.2, -0.15) is 5.10 Å². The van der Waals surface area contributed by atoms with Crippen LogP contribution in [0.2, 0.25) is 0 Å². The van der Waals surface area contributed by atoms with Crippen LogP contribution >= 0.6 is 0 Å². The lowest BCUT2D eigenvalue weighted by atomic mass is 10.0. The van der Waals surface area contributed by atoms with Crippen molar-refractivity contribution in [1.29, 1.82) is 0 Å². The summed E-state index contributed by atoms with van der Waals surface area (Å²) in [6.07, 6.45) is 4.81. The van der Waals surface area contributed by atoms with E-state index in [1.165, 1.54) is 11.3 Å². The van der Waals surface area contributed by atoms with Crippen molar-refractivity contribution in [3.8, 4) is 17.2 Å². The van der Waals surface area contributed by atoms with Gasteiger partial charge in [0.1, 0.15) is 17.2 Å². The van der Waals surface area contributed by atoms with Crippen LogP contribution in [-0.2, 0) is 19.5 Å². The van der Waals surface area contributed by atoms with E-state index in [2.05, 4.69) is 16.8 Å². The lowest BCUT2D eigenvalue weighted by molar-refractivity contribution is 0.204. The Labute approximate surface area is 212 Å². The summed E-state index contributed by atoms with van der Waals surface area (Å²) in [4.78, 5) is 17.7. The average Bonchev–Trinajstić information content (AvgIpc) is 3.69. The predicted octanol–water partition coefficient (Wildman–Crippen LogP) is 4.63. The lowest BCUT2D eigenvalue weighted by Crippen LogP contribution is -2.37.